The molecule has 0 spiro atoms. The summed E-state index contributed by atoms with van der Waals surface area (Å²) >= 11 is 0. The van der Waals surface area contributed by atoms with E-state index in [0.29, 0.717) is 13.2 Å². The van der Waals surface area contributed by atoms with E-state index in [-0.39, 0.29) is 23.6 Å². The lowest BCUT2D eigenvalue weighted by atomic mass is 10.0. The van der Waals surface area contributed by atoms with Gasteiger partial charge in [-0.2, -0.15) is 0 Å². The molecule has 0 saturated carbocycles. The predicted octanol–water partition coefficient (Wildman–Crippen LogP) is 2.56. The highest BCUT2D eigenvalue weighted by atomic mass is 16.6. The van der Waals surface area contributed by atoms with E-state index in [0.717, 1.165) is 18.5 Å². The minimum absolute atomic E-state index is 0.261. The Morgan fingerprint density at radius 3 is 2.39 bits per heavy atom. The van der Waals surface area contributed by atoms with Gasteiger partial charge in [-0.25, -0.2) is 9.69 Å². The highest BCUT2D eigenvalue weighted by Gasteiger charge is 2.69. The number of anilines is 1. The van der Waals surface area contributed by atoms with E-state index >= 15 is 0 Å². The summed E-state index contributed by atoms with van der Waals surface area (Å²) in [6.07, 6.45) is 1.41. The van der Waals surface area contributed by atoms with Gasteiger partial charge in [0.25, 0.3) is 0 Å². The van der Waals surface area contributed by atoms with Crippen molar-refractivity contribution in [2.24, 2.45) is 0 Å². The van der Waals surface area contributed by atoms with Crippen LogP contribution in [-0.4, -0.2) is 47.8 Å². The summed E-state index contributed by atoms with van der Waals surface area (Å²) in [5, 5.41) is 2.74. The normalized spacial score (nSPS) is 38.5. The lowest BCUT2D eigenvalue weighted by Crippen LogP contribution is -2.56. The number of benzene rings is 1. The van der Waals surface area contributed by atoms with Gasteiger partial charge >= 0.3 is 6.09 Å². The Kier molecular flexibility index (Phi) is 3.20. The number of hydrogen-bond donors (Lipinski definition) is 1. The van der Waals surface area contributed by atoms with E-state index in [2.05, 4.69) is 24.1 Å². The molecule has 3 aliphatic heterocycles. The number of carbonyl (C=O) groups excluding carboxylic acids is 1. The first-order chi connectivity index (χ1) is 11.0. The highest BCUT2D eigenvalue weighted by molar-refractivity contribution is 5.84. The van der Waals surface area contributed by atoms with E-state index in [1.54, 1.807) is 0 Å². The summed E-state index contributed by atoms with van der Waals surface area (Å²) in [5.74, 6) is 0. The third-order valence-electron chi connectivity index (χ3n) is 5.27. The smallest absolute Gasteiger partial charge is 0.411 e. The van der Waals surface area contributed by atoms with Crippen LogP contribution >= 0.6 is 0 Å². The fourth-order valence-electron chi connectivity index (χ4n) is 4.24. The Morgan fingerprint density at radius 2 is 1.78 bits per heavy atom. The molecule has 0 bridgehead atoms. The lowest BCUT2D eigenvalue weighted by Gasteiger charge is -2.37. The molecule has 3 aliphatic rings. The maximum absolute atomic E-state index is 12.1. The Labute approximate surface area is 135 Å². The minimum atomic E-state index is -0.452. The van der Waals surface area contributed by atoms with Gasteiger partial charge in [0.05, 0.1) is 13.2 Å². The summed E-state index contributed by atoms with van der Waals surface area (Å²) < 4.78 is 17.6. The van der Waals surface area contributed by atoms with E-state index in [4.69, 9.17) is 14.2 Å². The first-order valence-corrected chi connectivity index (χ1v) is 8.03. The molecule has 2 unspecified atom stereocenters. The van der Waals surface area contributed by atoms with Gasteiger partial charge in [0.2, 0.25) is 0 Å². The summed E-state index contributed by atoms with van der Waals surface area (Å²) in [6, 6.07) is 9.28. The molecular weight excluding hydrogens is 296 g/mol. The molecule has 3 saturated heterocycles. The number of rotatable bonds is 3. The molecule has 1 amide bonds. The SMILES string of the molecule is CC12CCC3(C)OCC(COC(=O)Nc4ccccc4)(CO1)N23. The topological polar surface area (TPSA) is 60.0 Å². The molecule has 0 radical (unpaired) electrons. The molecule has 6 heteroatoms. The van der Waals surface area contributed by atoms with Crippen molar-refractivity contribution in [3.63, 3.8) is 0 Å². The summed E-state index contributed by atoms with van der Waals surface area (Å²) in [7, 11) is 0. The predicted molar refractivity (Wildman–Crippen MR) is 83.9 cm³/mol. The summed E-state index contributed by atoms with van der Waals surface area (Å²) in [4.78, 5) is 14.3. The number of hydrogen-bond acceptors (Lipinski definition) is 5. The minimum Gasteiger partial charge on any atom is -0.447 e. The van der Waals surface area contributed by atoms with Crippen LogP contribution in [0.5, 0.6) is 0 Å². The average molecular weight is 318 g/mol. The third-order valence-corrected chi connectivity index (χ3v) is 5.27. The Hall–Kier alpha value is -1.63. The standard InChI is InChI=1S/C17H22N2O4/c1-15-8-9-16(2)19(15)17(11-22-15,12-23-16)10-21-14(20)18-13-6-4-3-5-7-13/h3-7H,8-12H2,1-2H3,(H,18,20). The van der Waals surface area contributed by atoms with Crippen molar-refractivity contribution < 1.29 is 19.0 Å². The van der Waals surface area contributed by atoms with Crippen molar-refractivity contribution in [3.05, 3.63) is 30.3 Å². The van der Waals surface area contributed by atoms with Crippen molar-refractivity contribution in [2.45, 2.75) is 43.7 Å². The molecule has 1 aromatic carbocycles. The number of ether oxygens (including phenoxy) is 3. The first kappa shape index (κ1) is 14.9. The number of nitrogens with one attached hydrogen (secondary N) is 1. The third kappa shape index (κ3) is 2.24. The molecule has 23 heavy (non-hydrogen) atoms. The fourth-order valence-corrected chi connectivity index (χ4v) is 4.24. The second-order valence-electron chi connectivity index (χ2n) is 7.05. The molecule has 2 atom stereocenters. The Balaban J connectivity index is 1.44. The van der Waals surface area contributed by atoms with Crippen LogP contribution in [0, 0.1) is 0 Å². The molecule has 3 heterocycles. The van der Waals surface area contributed by atoms with Crippen LogP contribution in [0.2, 0.25) is 0 Å². The van der Waals surface area contributed by atoms with Crippen molar-refractivity contribution >= 4 is 11.8 Å². The first-order valence-electron chi connectivity index (χ1n) is 8.03. The van der Waals surface area contributed by atoms with Gasteiger partial charge in [0.1, 0.15) is 23.6 Å². The fraction of sp³-hybridized carbons (Fsp3) is 0.588. The van der Waals surface area contributed by atoms with Crippen LogP contribution in [0.15, 0.2) is 30.3 Å². The van der Waals surface area contributed by atoms with E-state index in [9.17, 15) is 4.79 Å². The maximum Gasteiger partial charge on any atom is 0.411 e. The molecule has 0 aliphatic carbocycles. The molecular formula is C17H22N2O4. The van der Waals surface area contributed by atoms with Gasteiger partial charge in [-0.3, -0.25) is 5.32 Å². The zero-order valence-corrected chi connectivity index (χ0v) is 13.5. The molecule has 4 rings (SSSR count). The van der Waals surface area contributed by atoms with E-state index < -0.39 is 6.09 Å². The van der Waals surface area contributed by atoms with Crippen molar-refractivity contribution in [2.75, 3.05) is 25.1 Å². The van der Waals surface area contributed by atoms with Gasteiger partial charge in [0, 0.05) is 5.69 Å². The largest absolute Gasteiger partial charge is 0.447 e. The van der Waals surface area contributed by atoms with Crippen LogP contribution < -0.4 is 5.32 Å². The van der Waals surface area contributed by atoms with Gasteiger partial charge in [0.15, 0.2) is 0 Å². The number of amides is 1. The maximum atomic E-state index is 12.1. The van der Waals surface area contributed by atoms with Crippen LogP contribution in [0.1, 0.15) is 26.7 Å². The quantitative estimate of drug-likeness (QED) is 0.928. The molecule has 1 aromatic rings. The zero-order valence-electron chi connectivity index (χ0n) is 13.5. The van der Waals surface area contributed by atoms with Crippen LogP contribution in [0.3, 0.4) is 0 Å². The molecule has 1 N–H and O–H groups in total. The average Bonchev–Trinajstić information content (AvgIpc) is 3.11. The molecule has 0 aromatic heterocycles. The van der Waals surface area contributed by atoms with Crippen molar-refractivity contribution in [1.29, 1.82) is 0 Å². The Bertz CT molecular complexity index is 600. The Morgan fingerprint density at radius 1 is 1.17 bits per heavy atom. The number of carbonyl (C=O) groups is 1. The van der Waals surface area contributed by atoms with Crippen LogP contribution in [-0.2, 0) is 14.2 Å². The number of para-hydroxylation sites is 1. The number of nitrogens with zero attached hydrogens (tertiary/aromatic N) is 1. The molecule has 3 fully saturated rings. The molecule has 6 nitrogen and oxygen atoms in total. The second kappa shape index (κ2) is 4.93. The van der Waals surface area contributed by atoms with Crippen LogP contribution in [0.4, 0.5) is 10.5 Å². The van der Waals surface area contributed by atoms with Crippen molar-refractivity contribution in [3.8, 4) is 0 Å². The van der Waals surface area contributed by atoms with Gasteiger partial charge < -0.3 is 14.2 Å². The van der Waals surface area contributed by atoms with Gasteiger partial charge in [-0.05, 0) is 38.8 Å². The summed E-state index contributed by atoms with van der Waals surface area (Å²) in [5.41, 5.74) is -0.292. The van der Waals surface area contributed by atoms with Gasteiger partial charge in [-0.1, -0.05) is 18.2 Å². The van der Waals surface area contributed by atoms with E-state index in [1.165, 1.54) is 0 Å². The monoisotopic (exact) mass is 318 g/mol. The van der Waals surface area contributed by atoms with Gasteiger partial charge in [-0.15, -0.1) is 0 Å². The zero-order chi connectivity index (χ0) is 16.1. The highest BCUT2D eigenvalue weighted by Crippen LogP contribution is 2.55. The lowest BCUT2D eigenvalue weighted by molar-refractivity contribution is -0.125. The second-order valence-corrected chi connectivity index (χ2v) is 7.05. The van der Waals surface area contributed by atoms with Crippen LogP contribution in [0.25, 0.3) is 0 Å². The molecule has 124 valence electrons. The summed E-state index contributed by atoms with van der Waals surface area (Å²) in [6.45, 7) is 5.50. The van der Waals surface area contributed by atoms with Crippen molar-refractivity contribution in [1.82, 2.24) is 4.90 Å². The van der Waals surface area contributed by atoms with E-state index in [1.807, 2.05) is 30.3 Å².